The minimum atomic E-state index is -3.96. The Balaban J connectivity index is 0.00000432. The van der Waals surface area contributed by atoms with Gasteiger partial charge in [-0.25, -0.2) is 13.4 Å². The zero-order valence-corrected chi connectivity index (χ0v) is 22.1. The average Bonchev–Trinajstić information content (AvgIpc) is 2.77. The molecule has 0 fully saturated rings. The van der Waals surface area contributed by atoms with Crippen LogP contribution in [0.1, 0.15) is 37.6 Å². The van der Waals surface area contributed by atoms with Gasteiger partial charge < -0.3 is 10.4 Å². The quantitative estimate of drug-likeness (QED) is 0.382. The lowest BCUT2D eigenvalue weighted by Gasteiger charge is -2.24. The van der Waals surface area contributed by atoms with Gasteiger partial charge in [0.05, 0.1) is 17.3 Å². The van der Waals surface area contributed by atoms with E-state index in [4.69, 9.17) is 16.7 Å². The summed E-state index contributed by atoms with van der Waals surface area (Å²) in [5, 5.41) is 11.7. The van der Waals surface area contributed by atoms with E-state index in [0.717, 1.165) is 11.1 Å². The summed E-state index contributed by atoms with van der Waals surface area (Å²) in [5.74, 6) is -0.668. The first-order chi connectivity index (χ1) is 16.0. The predicted octanol–water partition coefficient (Wildman–Crippen LogP) is 5.34. The topological polar surface area (TPSA) is 99.6 Å². The number of rotatable bonds is 9. The number of aromatic nitrogens is 1. The van der Waals surface area contributed by atoms with Gasteiger partial charge in [-0.1, -0.05) is 74.8 Å². The number of nitrogens with one attached hydrogen (secondary N) is 1. The third-order valence-corrected chi connectivity index (χ3v) is 7.49. The van der Waals surface area contributed by atoms with Crippen molar-refractivity contribution in [2.75, 3.05) is 11.9 Å². The van der Waals surface area contributed by atoms with E-state index >= 15 is 0 Å². The molecule has 0 atom stereocenters. The van der Waals surface area contributed by atoms with Crippen LogP contribution in [0.15, 0.2) is 71.6 Å². The third kappa shape index (κ3) is 7.67. The molecule has 3 aromatic rings. The Hall–Kier alpha value is -2.65. The van der Waals surface area contributed by atoms with Gasteiger partial charge in [0, 0.05) is 6.54 Å². The van der Waals surface area contributed by atoms with Crippen LogP contribution in [0.5, 0.6) is 0 Å². The zero-order chi connectivity index (χ0) is 24.9. The molecule has 10 heteroatoms. The monoisotopic (exact) mass is 537 g/mol. The summed E-state index contributed by atoms with van der Waals surface area (Å²) in [5.41, 5.74) is 2.42. The van der Waals surface area contributed by atoms with Gasteiger partial charge in [-0.2, -0.15) is 4.31 Å². The molecule has 0 aliphatic heterocycles. The number of carbonyl (C=O) groups is 1. The molecule has 2 aromatic carbocycles. The Labute approximate surface area is 217 Å². The van der Waals surface area contributed by atoms with Crippen LogP contribution in [-0.4, -0.2) is 35.3 Å². The number of carboxylic acid groups (broad SMARTS) is 1. The maximum absolute atomic E-state index is 13.6. The maximum atomic E-state index is 13.6. The summed E-state index contributed by atoms with van der Waals surface area (Å²) in [6, 6.07) is 19.2. The molecule has 0 spiro atoms. The van der Waals surface area contributed by atoms with E-state index in [9.17, 15) is 13.2 Å². The van der Waals surface area contributed by atoms with Crippen LogP contribution in [0.4, 0.5) is 5.82 Å². The number of benzene rings is 2. The number of anilines is 1. The Kier molecular flexibility index (Phi) is 9.68. The van der Waals surface area contributed by atoms with Crippen molar-refractivity contribution in [1.82, 2.24) is 9.29 Å². The van der Waals surface area contributed by atoms with Crippen molar-refractivity contribution in [3.8, 4) is 0 Å². The van der Waals surface area contributed by atoms with Crippen LogP contribution in [0, 0.1) is 0 Å². The van der Waals surface area contributed by atoms with E-state index in [1.54, 1.807) is 36.4 Å². The normalized spacial score (nSPS) is 11.7. The van der Waals surface area contributed by atoms with Gasteiger partial charge in [-0.3, -0.25) is 4.79 Å². The highest BCUT2D eigenvalue weighted by molar-refractivity contribution is 7.89. The molecule has 188 valence electrons. The van der Waals surface area contributed by atoms with E-state index in [1.165, 1.54) is 10.4 Å². The fourth-order valence-electron chi connectivity index (χ4n) is 3.35. The van der Waals surface area contributed by atoms with Crippen LogP contribution in [-0.2, 0) is 33.3 Å². The fourth-order valence-corrected chi connectivity index (χ4v) is 5.24. The summed E-state index contributed by atoms with van der Waals surface area (Å²) in [6.07, 6.45) is 0. The van der Waals surface area contributed by atoms with E-state index in [2.05, 4.69) is 31.1 Å². The number of hydrogen-bond acceptors (Lipinski definition) is 5. The average molecular weight is 538 g/mol. The summed E-state index contributed by atoms with van der Waals surface area (Å²) < 4.78 is 28.5. The highest BCUT2D eigenvalue weighted by atomic mass is 35.5. The number of hydrogen-bond donors (Lipinski definition) is 2. The van der Waals surface area contributed by atoms with Crippen LogP contribution in [0.3, 0.4) is 0 Å². The predicted molar refractivity (Wildman–Crippen MR) is 141 cm³/mol. The second-order valence-corrected chi connectivity index (χ2v) is 11.2. The number of sulfonamides is 1. The maximum Gasteiger partial charge on any atom is 0.322 e. The summed E-state index contributed by atoms with van der Waals surface area (Å²) in [7, 11) is -3.96. The molecule has 0 aliphatic rings. The Morgan fingerprint density at radius 1 is 1.00 bits per heavy atom. The lowest BCUT2D eigenvalue weighted by Crippen LogP contribution is -2.31. The molecule has 0 amide bonds. The lowest BCUT2D eigenvalue weighted by molar-refractivity contribution is -0.134. The molecule has 0 saturated carbocycles. The molecule has 7 nitrogen and oxygen atoms in total. The standard InChI is InChI=1S/C25H28ClN3O4S.ClH/c1-25(2,3)19-13-11-18(12-14-19)16-29(34(32,33)22-9-5-4-8-21(22)26)17-20-7-6-10-23(28-20)27-15-24(30)31;/h4-14H,15-17H2,1-3H3,(H,27,28)(H,30,31);1H. The molecule has 2 N–H and O–H groups in total. The van der Waals surface area contributed by atoms with E-state index in [0.29, 0.717) is 11.5 Å². The second-order valence-electron chi connectivity index (χ2n) is 8.91. The number of halogens is 2. The smallest absolute Gasteiger partial charge is 0.322 e. The van der Waals surface area contributed by atoms with Crippen molar-refractivity contribution in [2.24, 2.45) is 0 Å². The fraction of sp³-hybridized carbons (Fsp3) is 0.280. The second kappa shape index (κ2) is 11.9. The molecule has 1 heterocycles. The molecule has 1 aromatic heterocycles. The van der Waals surface area contributed by atoms with Crippen molar-refractivity contribution in [1.29, 1.82) is 0 Å². The first-order valence-corrected chi connectivity index (χ1v) is 12.5. The highest BCUT2D eigenvalue weighted by Gasteiger charge is 2.27. The van der Waals surface area contributed by atoms with Crippen molar-refractivity contribution in [3.63, 3.8) is 0 Å². The van der Waals surface area contributed by atoms with Crippen molar-refractivity contribution in [2.45, 2.75) is 44.2 Å². The van der Waals surface area contributed by atoms with E-state index in [-0.39, 0.29) is 47.4 Å². The van der Waals surface area contributed by atoms with Gasteiger partial charge >= 0.3 is 5.97 Å². The Morgan fingerprint density at radius 3 is 2.26 bits per heavy atom. The highest BCUT2D eigenvalue weighted by Crippen LogP contribution is 2.28. The van der Waals surface area contributed by atoms with Gasteiger partial charge in [0.2, 0.25) is 10.0 Å². The molecule has 35 heavy (non-hydrogen) atoms. The van der Waals surface area contributed by atoms with Crippen molar-refractivity contribution < 1.29 is 18.3 Å². The lowest BCUT2D eigenvalue weighted by atomic mass is 9.87. The van der Waals surface area contributed by atoms with Crippen molar-refractivity contribution >= 4 is 45.8 Å². The van der Waals surface area contributed by atoms with Crippen LogP contribution < -0.4 is 5.32 Å². The Morgan fingerprint density at radius 2 is 1.66 bits per heavy atom. The van der Waals surface area contributed by atoms with Crippen molar-refractivity contribution in [3.05, 3.63) is 88.6 Å². The third-order valence-electron chi connectivity index (χ3n) is 5.20. The van der Waals surface area contributed by atoms with E-state index < -0.39 is 16.0 Å². The minimum absolute atomic E-state index is 0. The SMILES string of the molecule is CC(C)(C)c1ccc(CN(Cc2cccc(NCC(=O)O)n2)S(=O)(=O)c2ccccc2Cl)cc1.Cl. The van der Waals surface area contributed by atoms with Gasteiger partial charge in [0.15, 0.2) is 0 Å². The van der Waals surface area contributed by atoms with Crippen LogP contribution in [0.25, 0.3) is 0 Å². The molecule has 3 rings (SSSR count). The number of pyridine rings is 1. The molecular weight excluding hydrogens is 509 g/mol. The van der Waals surface area contributed by atoms with Crippen LogP contribution >= 0.6 is 24.0 Å². The molecule has 0 radical (unpaired) electrons. The summed E-state index contributed by atoms with van der Waals surface area (Å²) >= 11 is 6.24. The molecule has 0 unspecified atom stereocenters. The van der Waals surface area contributed by atoms with Crippen LogP contribution in [0.2, 0.25) is 5.02 Å². The van der Waals surface area contributed by atoms with E-state index in [1.807, 2.05) is 24.3 Å². The first kappa shape index (κ1) is 28.6. The largest absolute Gasteiger partial charge is 0.480 e. The van der Waals surface area contributed by atoms with Gasteiger partial charge in [-0.05, 0) is 40.8 Å². The minimum Gasteiger partial charge on any atom is -0.480 e. The molecule has 0 aliphatic carbocycles. The number of carboxylic acids is 1. The van der Waals surface area contributed by atoms with Gasteiger partial charge in [-0.15, -0.1) is 12.4 Å². The van der Waals surface area contributed by atoms with Gasteiger partial charge in [0.1, 0.15) is 17.3 Å². The summed E-state index contributed by atoms with van der Waals surface area (Å²) in [4.78, 5) is 15.3. The Bertz CT molecular complexity index is 1260. The summed E-state index contributed by atoms with van der Waals surface area (Å²) in [6.45, 7) is 6.16. The zero-order valence-electron chi connectivity index (χ0n) is 19.7. The molecular formula is C25H29Cl2N3O4S. The van der Waals surface area contributed by atoms with Gasteiger partial charge in [0.25, 0.3) is 0 Å². The number of aliphatic carboxylic acids is 1. The number of nitrogens with zero attached hydrogens (tertiary/aromatic N) is 2. The molecule has 0 bridgehead atoms. The first-order valence-electron chi connectivity index (χ1n) is 10.7. The molecule has 0 saturated heterocycles.